The summed E-state index contributed by atoms with van der Waals surface area (Å²) in [6.07, 6.45) is 0.799. The summed E-state index contributed by atoms with van der Waals surface area (Å²) in [7, 11) is 0. The summed E-state index contributed by atoms with van der Waals surface area (Å²) >= 11 is 0. The molecule has 92 valence electrons. The van der Waals surface area contributed by atoms with Crippen molar-refractivity contribution in [2.45, 2.75) is 19.4 Å². The number of nitrogens with one attached hydrogen (secondary N) is 1. The summed E-state index contributed by atoms with van der Waals surface area (Å²) in [4.78, 5) is 10.2. The van der Waals surface area contributed by atoms with E-state index in [9.17, 15) is 14.5 Å². The van der Waals surface area contributed by atoms with Gasteiger partial charge in [0, 0.05) is 6.61 Å². The molecule has 0 amide bonds. The second-order valence-corrected chi connectivity index (χ2v) is 4.08. The van der Waals surface area contributed by atoms with Crippen molar-refractivity contribution in [2.75, 3.05) is 18.5 Å². The molecule has 0 bridgehead atoms. The highest BCUT2D eigenvalue weighted by Gasteiger charge is 2.22. The topological polar surface area (TPSA) is 64.4 Å². The Balaban J connectivity index is 2.29. The Kier molecular flexibility index (Phi) is 3.23. The van der Waals surface area contributed by atoms with E-state index in [0.717, 1.165) is 12.5 Å². The third-order valence-corrected chi connectivity index (χ3v) is 2.76. The Morgan fingerprint density at radius 1 is 1.59 bits per heavy atom. The van der Waals surface area contributed by atoms with Gasteiger partial charge in [-0.3, -0.25) is 10.1 Å². The van der Waals surface area contributed by atoms with Gasteiger partial charge in [0.25, 0.3) is 5.69 Å². The number of hydrogen-bond acceptors (Lipinski definition) is 4. The Hall–Kier alpha value is -1.69. The molecule has 5 nitrogen and oxygen atoms in total. The lowest BCUT2D eigenvalue weighted by atomic mass is 10.1. The Labute approximate surface area is 97.7 Å². The van der Waals surface area contributed by atoms with Crippen LogP contribution in [0.3, 0.4) is 0 Å². The zero-order chi connectivity index (χ0) is 12.4. The molecule has 1 saturated heterocycles. The maximum absolute atomic E-state index is 13.3. The normalized spacial score (nSPS) is 19.3. The molecule has 1 atom stereocenters. The van der Waals surface area contributed by atoms with Gasteiger partial charge in [0.05, 0.1) is 23.6 Å². The van der Waals surface area contributed by atoms with Crippen LogP contribution in [0.2, 0.25) is 0 Å². The summed E-state index contributed by atoms with van der Waals surface area (Å²) < 4.78 is 18.5. The predicted octanol–water partition coefficient (Wildman–Crippen LogP) is 2.24. The molecule has 2 rings (SSSR count). The van der Waals surface area contributed by atoms with Crippen molar-refractivity contribution < 1.29 is 14.1 Å². The Bertz CT molecular complexity index is 445. The van der Waals surface area contributed by atoms with Crippen molar-refractivity contribution in [1.82, 2.24) is 0 Å². The van der Waals surface area contributed by atoms with Crippen LogP contribution in [-0.2, 0) is 4.74 Å². The molecule has 1 fully saturated rings. The third-order valence-electron chi connectivity index (χ3n) is 2.76. The quantitative estimate of drug-likeness (QED) is 0.650. The van der Waals surface area contributed by atoms with Crippen molar-refractivity contribution in [3.8, 4) is 0 Å². The van der Waals surface area contributed by atoms with Gasteiger partial charge < -0.3 is 10.1 Å². The van der Waals surface area contributed by atoms with Gasteiger partial charge in [0.15, 0.2) is 0 Å². The van der Waals surface area contributed by atoms with Crippen LogP contribution < -0.4 is 5.32 Å². The lowest BCUT2D eigenvalue weighted by Gasteiger charge is -2.13. The van der Waals surface area contributed by atoms with Crippen molar-refractivity contribution in [1.29, 1.82) is 0 Å². The van der Waals surface area contributed by atoms with Crippen molar-refractivity contribution in [3.05, 3.63) is 33.6 Å². The summed E-state index contributed by atoms with van der Waals surface area (Å²) in [6.45, 7) is 2.74. The number of aryl methyl sites for hydroxylation is 1. The highest BCUT2D eigenvalue weighted by Crippen LogP contribution is 2.28. The molecule has 6 heteroatoms. The number of rotatable bonds is 3. The minimum Gasteiger partial charge on any atom is -0.379 e. The molecule has 1 heterocycles. The summed E-state index contributed by atoms with van der Waals surface area (Å²) in [5.74, 6) is -0.565. The van der Waals surface area contributed by atoms with E-state index in [-0.39, 0.29) is 11.7 Å². The average molecular weight is 240 g/mol. The van der Waals surface area contributed by atoms with Crippen LogP contribution in [0.4, 0.5) is 15.8 Å². The summed E-state index contributed by atoms with van der Waals surface area (Å²) in [5, 5.41) is 13.9. The van der Waals surface area contributed by atoms with Gasteiger partial charge in [-0.05, 0) is 25.0 Å². The van der Waals surface area contributed by atoms with Crippen LogP contribution >= 0.6 is 0 Å². The number of anilines is 1. The van der Waals surface area contributed by atoms with Crippen molar-refractivity contribution in [3.63, 3.8) is 0 Å². The van der Waals surface area contributed by atoms with Crippen LogP contribution in [-0.4, -0.2) is 24.2 Å². The third kappa shape index (κ3) is 2.52. The van der Waals surface area contributed by atoms with Crippen molar-refractivity contribution >= 4 is 11.4 Å². The molecule has 1 unspecified atom stereocenters. The predicted molar refractivity (Wildman–Crippen MR) is 60.6 cm³/mol. The smallest absolute Gasteiger partial charge is 0.295 e. The van der Waals surface area contributed by atoms with E-state index in [1.807, 2.05) is 0 Å². The molecule has 1 aromatic carbocycles. The molecule has 0 aliphatic carbocycles. The molecular weight excluding hydrogens is 227 g/mol. The number of nitrogens with zero attached hydrogens (tertiary/aromatic N) is 1. The van der Waals surface area contributed by atoms with E-state index < -0.39 is 10.7 Å². The highest BCUT2D eigenvalue weighted by atomic mass is 19.1. The van der Waals surface area contributed by atoms with Crippen LogP contribution in [0, 0.1) is 22.9 Å². The first-order valence-corrected chi connectivity index (χ1v) is 5.36. The van der Waals surface area contributed by atoms with E-state index >= 15 is 0 Å². The second-order valence-electron chi connectivity index (χ2n) is 4.08. The number of halogens is 1. The lowest BCUT2D eigenvalue weighted by Crippen LogP contribution is -2.19. The van der Waals surface area contributed by atoms with Crippen LogP contribution in [0.1, 0.15) is 12.0 Å². The minimum absolute atomic E-state index is 0.0542. The summed E-state index contributed by atoms with van der Waals surface area (Å²) in [5.41, 5.74) is 0.501. The van der Waals surface area contributed by atoms with Gasteiger partial charge in [-0.25, -0.2) is 4.39 Å². The molecule has 1 aromatic rings. The lowest BCUT2D eigenvalue weighted by molar-refractivity contribution is -0.384. The van der Waals surface area contributed by atoms with E-state index in [4.69, 9.17) is 4.74 Å². The number of hydrogen-bond donors (Lipinski definition) is 1. The maximum atomic E-state index is 13.3. The highest BCUT2D eigenvalue weighted by molar-refractivity contribution is 5.63. The monoisotopic (exact) mass is 240 g/mol. The molecule has 1 N–H and O–H groups in total. The maximum Gasteiger partial charge on any atom is 0.295 e. The van der Waals surface area contributed by atoms with Crippen LogP contribution in [0.25, 0.3) is 0 Å². The minimum atomic E-state index is -0.583. The van der Waals surface area contributed by atoms with E-state index in [0.29, 0.717) is 24.5 Å². The fourth-order valence-electron chi connectivity index (χ4n) is 1.81. The molecule has 1 aliphatic heterocycles. The summed E-state index contributed by atoms with van der Waals surface area (Å²) in [6, 6.07) is 2.47. The molecule has 0 saturated carbocycles. The van der Waals surface area contributed by atoms with Gasteiger partial charge in [-0.2, -0.15) is 0 Å². The first kappa shape index (κ1) is 11.8. The van der Waals surface area contributed by atoms with Crippen LogP contribution in [0.5, 0.6) is 0 Å². The largest absolute Gasteiger partial charge is 0.379 e. The number of ether oxygens (including phenoxy) is 1. The fourth-order valence-corrected chi connectivity index (χ4v) is 1.81. The Morgan fingerprint density at radius 3 is 2.94 bits per heavy atom. The van der Waals surface area contributed by atoms with E-state index in [1.165, 1.54) is 6.07 Å². The second kappa shape index (κ2) is 4.67. The molecule has 1 aliphatic rings. The Morgan fingerprint density at radius 2 is 2.35 bits per heavy atom. The zero-order valence-electron chi connectivity index (χ0n) is 9.40. The molecule has 0 radical (unpaired) electrons. The average Bonchev–Trinajstić information content (AvgIpc) is 2.75. The number of nitro groups is 1. The molecule has 0 aromatic heterocycles. The van der Waals surface area contributed by atoms with Gasteiger partial charge in [0.1, 0.15) is 11.5 Å². The first-order valence-electron chi connectivity index (χ1n) is 5.36. The first-order chi connectivity index (χ1) is 8.08. The number of nitro benzene ring substituents is 1. The molecule has 0 spiro atoms. The van der Waals surface area contributed by atoms with Gasteiger partial charge in [-0.1, -0.05) is 0 Å². The van der Waals surface area contributed by atoms with Gasteiger partial charge >= 0.3 is 0 Å². The van der Waals surface area contributed by atoms with E-state index in [2.05, 4.69) is 5.32 Å². The van der Waals surface area contributed by atoms with Crippen LogP contribution in [0.15, 0.2) is 12.1 Å². The van der Waals surface area contributed by atoms with Gasteiger partial charge in [-0.15, -0.1) is 0 Å². The molecular formula is C11H13FN2O3. The van der Waals surface area contributed by atoms with E-state index in [1.54, 1.807) is 6.92 Å². The SMILES string of the molecule is Cc1cc(NC2CCOC2)c([N+](=O)[O-])cc1F. The number of benzene rings is 1. The fraction of sp³-hybridized carbons (Fsp3) is 0.455. The standard InChI is InChI=1S/C11H13FN2O3/c1-7-4-10(13-8-2-3-17-6-8)11(14(15)16)5-9(7)12/h4-5,8,13H,2-3,6H2,1H3. The zero-order valence-corrected chi connectivity index (χ0v) is 9.40. The molecule has 17 heavy (non-hydrogen) atoms. The van der Waals surface area contributed by atoms with Gasteiger partial charge in [0.2, 0.25) is 0 Å². The van der Waals surface area contributed by atoms with Crippen molar-refractivity contribution in [2.24, 2.45) is 0 Å².